The predicted octanol–water partition coefficient (Wildman–Crippen LogP) is 2.36. The van der Waals surface area contributed by atoms with Crippen LogP contribution in [0.4, 0.5) is 0 Å². The van der Waals surface area contributed by atoms with Crippen molar-refractivity contribution >= 4 is 27.8 Å². The molecule has 1 amide bonds. The van der Waals surface area contributed by atoms with E-state index in [0.717, 1.165) is 4.47 Å². The molecule has 1 N–H and O–H groups in total. The lowest BCUT2D eigenvalue weighted by Crippen LogP contribution is -2.40. The van der Waals surface area contributed by atoms with E-state index in [0.29, 0.717) is 18.7 Å². The molecule has 0 saturated carbocycles. The summed E-state index contributed by atoms with van der Waals surface area (Å²) < 4.78 is 2.60. The predicted molar refractivity (Wildman–Crippen MR) is 78.5 cm³/mol. The van der Waals surface area contributed by atoms with Gasteiger partial charge in [-0.05, 0) is 34.3 Å². The molecule has 6 heteroatoms. The van der Waals surface area contributed by atoms with Crippen molar-refractivity contribution in [2.24, 2.45) is 18.4 Å². The van der Waals surface area contributed by atoms with Crippen LogP contribution >= 0.6 is 15.9 Å². The number of nitrogens with zero attached hydrogens (tertiary/aromatic N) is 2. The molecule has 1 fully saturated rings. The first-order valence-electron chi connectivity index (χ1n) is 6.62. The van der Waals surface area contributed by atoms with Crippen molar-refractivity contribution in [3.8, 4) is 0 Å². The summed E-state index contributed by atoms with van der Waals surface area (Å²) in [6.45, 7) is 4.58. The van der Waals surface area contributed by atoms with Gasteiger partial charge in [0.2, 0.25) is 0 Å². The Morgan fingerprint density at radius 3 is 2.50 bits per heavy atom. The summed E-state index contributed by atoms with van der Waals surface area (Å²) in [6, 6.07) is 1.76. The number of rotatable bonds is 3. The van der Waals surface area contributed by atoms with Crippen LogP contribution < -0.4 is 0 Å². The van der Waals surface area contributed by atoms with Gasteiger partial charge >= 0.3 is 5.97 Å². The van der Waals surface area contributed by atoms with E-state index in [1.807, 2.05) is 20.0 Å². The Morgan fingerprint density at radius 2 is 2.10 bits per heavy atom. The molecule has 1 aliphatic rings. The summed E-state index contributed by atoms with van der Waals surface area (Å²) in [5, 5.41) is 9.51. The molecule has 0 spiro atoms. The third-order valence-corrected chi connectivity index (χ3v) is 4.74. The summed E-state index contributed by atoms with van der Waals surface area (Å²) >= 11 is 3.34. The highest BCUT2D eigenvalue weighted by Crippen LogP contribution is 2.38. The summed E-state index contributed by atoms with van der Waals surface area (Å²) in [5.74, 6) is -0.921. The first kappa shape index (κ1) is 15.1. The zero-order chi connectivity index (χ0) is 15.1. The largest absolute Gasteiger partial charge is 0.481 e. The molecule has 0 aromatic carbocycles. The molecule has 1 aliphatic heterocycles. The van der Waals surface area contributed by atoms with Gasteiger partial charge in [-0.25, -0.2) is 0 Å². The number of hydrogen-bond acceptors (Lipinski definition) is 2. The Kier molecular flexibility index (Phi) is 3.95. The fourth-order valence-electron chi connectivity index (χ4n) is 2.80. The Morgan fingerprint density at radius 1 is 1.45 bits per heavy atom. The molecule has 1 aromatic heterocycles. The maximum atomic E-state index is 12.5. The number of carboxylic acids is 1. The zero-order valence-corrected chi connectivity index (χ0v) is 13.5. The van der Waals surface area contributed by atoms with Crippen molar-refractivity contribution in [1.29, 1.82) is 0 Å². The first-order valence-corrected chi connectivity index (χ1v) is 7.42. The minimum Gasteiger partial charge on any atom is -0.481 e. The monoisotopic (exact) mass is 342 g/mol. The van der Waals surface area contributed by atoms with Crippen LogP contribution in [0.3, 0.4) is 0 Å². The molecule has 1 atom stereocenters. The van der Waals surface area contributed by atoms with Gasteiger partial charge in [0.25, 0.3) is 5.91 Å². The number of carboxylic acid groups (broad SMARTS) is 1. The van der Waals surface area contributed by atoms with E-state index in [2.05, 4.69) is 15.9 Å². The molecule has 1 unspecified atom stereocenters. The maximum Gasteiger partial charge on any atom is 0.311 e. The van der Waals surface area contributed by atoms with E-state index in [9.17, 15) is 14.7 Å². The van der Waals surface area contributed by atoms with Crippen molar-refractivity contribution in [3.63, 3.8) is 0 Å². The van der Waals surface area contributed by atoms with Gasteiger partial charge < -0.3 is 14.6 Å². The summed E-state index contributed by atoms with van der Waals surface area (Å²) in [7, 11) is 1.81. The molecule has 1 aromatic rings. The van der Waals surface area contributed by atoms with E-state index in [4.69, 9.17) is 0 Å². The lowest BCUT2D eigenvalue weighted by atomic mass is 9.76. The van der Waals surface area contributed by atoms with E-state index in [1.54, 1.807) is 22.6 Å². The van der Waals surface area contributed by atoms with Gasteiger partial charge in [-0.2, -0.15) is 0 Å². The van der Waals surface area contributed by atoms with Gasteiger partial charge in [0, 0.05) is 30.8 Å². The molecule has 0 aliphatic carbocycles. The number of aliphatic carboxylic acids is 1. The fourth-order valence-corrected chi connectivity index (χ4v) is 3.32. The molecule has 20 heavy (non-hydrogen) atoms. The van der Waals surface area contributed by atoms with Crippen molar-refractivity contribution < 1.29 is 14.7 Å². The highest BCUT2D eigenvalue weighted by Gasteiger charge is 2.48. The van der Waals surface area contributed by atoms with Crippen molar-refractivity contribution in [3.05, 3.63) is 22.4 Å². The van der Waals surface area contributed by atoms with E-state index < -0.39 is 11.4 Å². The number of likely N-dealkylation sites (tertiary alicyclic amines) is 1. The minimum atomic E-state index is -0.821. The van der Waals surface area contributed by atoms with Crippen LogP contribution in [-0.4, -0.2) is 39.5 Å². The average molecular weight is 343 g/mol. The van der Waals surface area contributed by atoms with Gasteiger partial charge in [-0.3, -0.25) is 9.59 Å². The Bertz CT molecular complexity index is 553. The van der Waals surface area contributed by atoms with Crippen LogP contribution in [0.2, 0.25) is 0 Å². The second kappa shape index (κ2) is 5.24. The van der Waals surface area contributed by atoms with Crippen molar-refractivity contribution in [1.82, 2.24) is 9.47 Å². The molecule has 2 heterocycles. The molecule has 0 bridgehead atoms. The maximum absolute atomic E-state index is 12.5. The molecule has 2 rings (SSSR count). The SMILES string of the molecule is CC(C)C1(C(=O)O)CCN(C(=O)c2cc(Br)cn2C)C1. The third kappa shape index (κ3) is 2.37. The number of aryl methyl sites for hydroxylation is 1. The summed E-state index contributed by atoms with van der Waals surface area (Å²) in [4.78, 5) is 25.7. The zero-order valence-electron chi connectivity index (χ0n) is 11.9. The van der Waals surface area contributed by atoms with Gasteiger partial charge in [0.15, 0.2) is 0 Å². The second-order valence-corrected chi connectivity index (χ2v) is 6.66. The van der Waals surface area contributed by atoms with Crippen LogP contribution in [0.5, 0.6) is 0 Å². The number of amides is 1. The lowest BCUT2D eigenvalue weighted by molar-refractivity contribution is -0.150. The second-order valence-electron chi connectivity index (χ2n) is 5.75. The highest BCUT2D eigenvalue weighted by atomic mass is 79.9. The fraction of sp³-hybridized carbons (Fsp3) is 0.571. The Hall–Kier alpha value is -1.30. The van der Waals surface area contributed by atoms with Crippen LogP contribution in [0.25, 0.3) is 0 Å². The van der Waals surface area contributed by atoms with Crippen molar-refractivity contribution in [2.75, 3.05) is 13.1 Å². The topological polar surface area (TPSA) is 62.5 Å². The average Bonchev–Trinajstić information content (AvgIpc) is 2.93. The first-order chi connectivity index (χ1) is 9.28. The number of halogens is 1. The van der Waals surface area contributed by atoms with Gasteiger partial charge in [0.1, 0.15) is 5.69 Å². The number of aromatic nitrogens is 1. The molecular weight excluding hydrogens is 324 g/mol. The number of hydrogen-bond donors (Lipinski definition) is 1. The highest BCUT2D eigenvalue weighted by molar-refractivity contribution is 9.10. The van der Waals surface area contributed by atoms with Gasteiger partial charge in [-0.15, -0.1) is 0 Å². The van der Waals surface area contributed by atoms with Crippen LogP contribution in [-0.2, 0) is 11.8 Å². The van der Waals surface area contributed by atoms with Gasteiger partial charge in [-0.1, -0.05) is 13.8 Å². The van der Waals surface area contributed by atoms with Gasteiger partial charge in [0.05, 0.1) is 5.41 Å². The summed E-state index contributed by atoms with van der Waals surface area (Å²) in [5.41, 5.74) is -0.250. The standard InChI is InChI=1S/C14H19BrN2O3/c1-9(2)14(13(19)20)4-5-17(8-14)12(18)11-6-10(15)7-16(11)3/h6-7,9H,4-5,8H2,1-3H3,(H,19,20). The molecule has 0 radical (unpaired) electrons. The normalized spacial score (nSPS) is 22.6. The molecular formula is C14H19BrN2O3. The number of carbonyl (C=O) groups excluding carboxylic acids is 1. The van der Waals surface area contributed by atoms with Crippen LogP contribution in [0.15, 0.2) is 16.7 Å². The molecule has 5 nitrogen and oxygen atoms in total. The minimum absolute atomic E-state index is 0.00190. The smallest absolute Gasteiger partial charge is 0.311 e. The number of carbonyl (C=O) groups is 2. The Labute approximate surface area is 126 Å². The van der Waals surface area contributed by atoms with E-state index in [1.165, 1.54) is 0 Å². The summed E-state index contributed by atoms with van der Waals surface area (Å²) in [6.07, 6.45) is 2.33. The van der Waals surface area contributed by atoms with Crippen LogP contribution in [0, 0.1) is 11.3 Å². The Balaban J connectivity index is 2.23. The van der Waals surface area contributed by atoms with E-state index in [-0.39, 0.29) is 18.4 Å². The molecule has 1 saturated heterocycles. The van der Waals surface area contributed by atoms with Crippen LogP contribution in [0.1, 0.15) is 30.8 Å². The lowest BCUT2D eigenvalue weighted by Gasteiger charge is -2.28. The van der Waals surface area contributed by atoms with Crippen molar-refractivity contribution in [2.45, 2.75) is 20.3 Å². The third-order valence-electron chi connectivity index (χ3n) is 4.31. The molecule has 110 valence electrons. The van der Waals surface area contributed by atoms with E-state index >= 15 is 0 Å². The quantitative estimate of drug-likeness (QED) is 0.917.